The van der Waals surface area contributed by atoms with Crippen LogP contribution in [0.25, 0.3) is 11.1 Å². The lowest BCUT2D eigenvalue weighted by molar-refractivity contribution is 0.0519. The number of hydrogen-bond donors (Lipinski definition) is 1. The van der Waals surface area contributed by atoms with E-state index in [0.29, 0.717) is 25.6 Å². The molecule has 1 N–H and O–H groups in total. The molecular weight excluding hydrogens is 520 g/mol. The summed E-state index contributed by atoms with van der Waals surface area (Å²) in [5.41, 5.74) is 8.90. The number of morpholine rings is 1. The van der Waals surface area contributed by atoms with Gasteiger partial charge in [0, 0.05) is 56.8 Å². The molecule has 2 aliphatic heterocycles. The first-order valence-corrected chi connectivity index (χ1v) is 14.3. The van der Waals surface area contributed by atoms with Gasteiger partial charge in [0.15, 0.2) is 11.5 Å². The Bertz CT molecular complexity index is 1340. The van der Waals surface area contributed by atoms with E-state index in [2.05, 4.69) is 59.4 Å². The van der Waals surface area contributed by atoms with E-state index in [1.54, 1.807) is 14.0 Å². The van der Waals surface area contributed by atoms with Gasteiger partial charge < -0.3 is 24.0 Å². The predicted octanol–water partition coefficient (Wildman–Crippen LogP) is 4.59. The van der Waals surface area contributed by atoms with Crippen molar-refractivity contribution in [1.82, 2.24) is 15.4 Å². The van der Waals surface area contributed by atoms with Gasteiger partial charge in [-0.25, -0.2) is 20.2 Å². The molecule has 4 heterocycles. The Labute approximate surface area is 242 Å². The van der Waals surface area contributed by atoms with E-state index in [0.717, 1.165) is 53.5 Å². The summed E-state index contributed by atoms with van der Waals surface area (Å²) in [6, 6.07) is 14.3. The van der Waals surface area contributed by atoms with Gasteiger partial charge in [-0.15, -0.1) is 0 Å². The minimum absolute atomic E-state index is 0.0279. The van der Waals surface area contributed by atoms with Crippen LogP contribution < -0.4 is 20.2 Å². The molecule has 2 aliphatic rings. The van der Waals surface area contributed by atoms with Gasteiger partial charge in [-0.1, -0.05) is 19.9 Å². The van der Waals surface area contributed by atoms with Crippen molar-refractivity contribution in [2.24, 2.45) is 5.92 Å². The molecule has 1 atom stereocenters. The number of aromatic nitrogens is 2. The van der Waals surface area contributed by atoms with Crippen LogP contribution in [0.15, 0.2) is 48.7 Å². The van der Waals surface area contributed by atoms with E-state index in [4.69, 9.17) is 24.2 Å². The van der Waals surface area contributed by atoms with Crippen LogP contribution >= 0.6 is 0 Å². The maximum Gasteiger partial charge on any atom is 0.357 e. The first-order chi connectivity index (χ1) is 19.9. The molecular formula is C31H40N6O4. The van der Waals surface area contributed by atoms with Crippen molar-refractivity contribution in [3.63, 3.8) is 0 Å². The van der Waals surface area contributed by atoms with Crippen molar-refractivity contribution in [3.8, 4) is 11.1 Å². The topological polar surface area (TPSA) is 92.3 Å². The van der Waals surface area contributed by atoms with Crippen molar-refractivity contribution in [2.45, 2.75) is 26.8 Å². The zero-order valence-electron chi connectivity index (χ0n) is 24.6. The smallest absolute Gasteiger partial charge is 0.357 e. The number of fused-ring (bicyclic) bond motifs is 1. The third kappa shape index (κ3) is 6.14. The SMILES string of the molecule is CCOC(=O)c1cc(-c2ccc(N(C)CCOC)nc2)c2c(n1)N(c1cccc(N3CCOCC3)c1)NC2C(C)C. The van der Waals surface area contributed by atoms with Gasteiger partial charge in [0.1, 0.15) is 5.82 Å². The van der Waals surface area contributed by atoms with Gasteiger partial charge in [-0.3, -0.25) is 5.01 Å². The number of carbonyl (C=O) groups excluding carboxylic acids is 1. The molecule has 0 amide bonds. The van der Waals surface area contributed by atoms with Crippen molar-refractivity contribution in [3.05, 3.63) is 59.9 Å². The van der Waals surface area contributed by atoms with E-state index in [1.165, 1.54) is 0 Å². The van der Waals surface area contributed by atoms with Crippen LogP contribution in [-0.2, 0) is 14.2 Å². The summed E-state index contributed by atoms with van der Waals surface area (Å²) in [7, 11) is 3.68. The molecule has 2 aromatic heterocycles. The number of benzene rings is 1. The fourth-order valence-electron chi connectivity index (χ4n) is 5.28. The number of hydrazine groups is 1. The number of nitrogens with one attached hydrogen (secondary N) is 1. The van der Waals surface area contributed by atoms with E-state index < -0.39 is 5.97 Å². The van der Waals surface area contributed by atoms with Crippen LogP contribution in [0.5, 0.6) is 0 Å². The molecule has 1 fully saturated rings. The molecule has 0 saturated carbocycles. The molecule has 3 aromatic rings. The van der Waals surface area contributed by atoms with E-state index in [9.17, 15) is 4.79 Å². The summed E-state index contributed by atoms with van der Waals surface area (Å²) in [4.78, 5) is 27.0. The molecule has 218 valence electrons. The quantitative estimate of drug-likeness (QED) is 0.355. The zero-order chi connectivity index (χ0) is 28.9. The molecule has 0 bridgehead atoms. The summed E-state index contributed by atoms with van der Waals surface area (Å²) in [6.07, 6.45) is 1.86. The molecule has 0 aliphatic carbocycles. The summed E-state index contributed by atoms with van der Waals surface area (Å²) in [5, 5.41) is 2.01. The normalized spacial score (nSPS) is 16.7. The molecule has 10 nitrogen and oxygen atoms in total. The van der Waals surface area contributed by atoms with E-state index in [1.807, 2.05) is 30.4 Å². The summed E-state index contributed by atoms with van der Waals surface area (Å²) in [5.74, 6) is 1.35. The number of anilines is 4. The Morgan fingerprint density at radius 1 is 1.17 bits per heavy atom. The molecule has 10 heteroatoms. The molecule has 0 radical (unpaired) electrons. The van der Waals surface area contributed by atoms with Gasteiger partial charge in [0.25, 0.3) is 0 Å². The molecule has 1 unspecified atom stereocenters. The van der Waals surface area contributed by atoms with Gasteiger partial charge in [-0.2, -0.15) is 0 Å². The third-order valence-corrected chi connectivity index (χ3v) is 7.53. The number of hydrogen-bond acceptors (Lipinski definition) is 10. The van der Waals surface area contributed by atoms with Crippen LogP contribution in [0.2, 0.25) is 0 Å². The highest BCUT2D eigenvalue weighted by Crippen LogP contribution is 2.45. The third-order valence-electron chi connectivity index (χ3n) is 7.53. The highest BCUT2D eigenvalue weighted by molar-refractivity contribution is 5.92. The average molecular weight is 561 g/mol. The highest BCUT2D eigenvalue weighted by Gasteiger charge is 2.37. The number of methoxy groups -OCH3 is 1. The van der Waals surface area contributed by atoms with Crippen LogP contribution in [0.1, 0.15) is 42.9 Å². The maximum atomic E-state index is 13.0. The number of pyridine rings is 2. The maximum absolute atomic E-state index is 13.0. The first kappa shape index (κ1) is 28.8. The molecule has 1 saturated heterocycles. The average Bonchev–Trinajstić information content (AvgIpc) is 3.40. The first-order valence-electron chi connectivity index (χ1n) is 14.3. The lowest BCUT2D eigenvalue weighted by Gasteiger charge is -2.30. The van der Waals surface area contributed by atoms with Crippen molar-refractivity contribution in [2.75, 3.05) is 75.0 Å². The standard InChI is InChI=1S/C31H40N6O4/c1-6-41-31(38)26-19-25(22-10-11-27(32-20-22)35(4)12-15-39-5)28-29(21(2)3)34-37(30(28)33-26)24-9-7-8-23(18-24)36-13-16-40-17-14-36/h7-11,18-21,29,34H,6,12-17H2,1-5H3. The molecule has 41 heavy (non-hydrogen) atoms. The molecule has 1 aromatic carbocycles. The molecule has 5 rings (SSSR count). The van der Waals surface area contributed by atoms with Gasteiger partial charge >= 0.3 is 5.97 Å². The number of esters is 1. The van der Waals surface area contributed by atoms with E-state index in [-0.39, 0.29) is 24.3 Å². The minimum atomic E-state index is -0.449. The predicted molar refractivity (Wildman–Crippen MR) is 161 cm³/mol. The number of likely N-dealkylation sites (N-methyl/N-ethyl adjacent to an activating group) is 1. The minimum Gasteiger partial charge on any atom is -0.461 e. The lowest BCUT2D eigenvalue weighted by atomic mass is 9.91. The van der Waals surface area contributed by atoms with Crippen molar-refractivity contribution < 1.29 is 19.0 Å². The lowest BCUT2D eigenvalue weighted by Crippen LogP contribution is -2.36. The summed E-state index contributed by atoms with van der Waals surface area (Å²) >= 11 is 0. The number of carbonyl (C=O) groups is 1. The largest absolute Gasteiger partial charge is 0.461 e. The van der Waals surface area contributed by atoms with Gasteiger partial charge in [-0.05, 0) is 54.8 Å². The second-order valence-corrected chi connectivity index (χ2v) is 10.6. The fourth-order valence-corrected chi connectivity index (χ4v) is 5.28. The van der Waals surface area contributed by atoms with Crippen molar-refractivity contribution >= 4 is 29.0 Å². The number of rotatable bonds is 10. The Morgan fingerprint density at radius 3 is 2.63 bits per heavy atom. The van der Waals surface area contributed by atoms with Gasteiger partial charge in [0.2, 0.25) is 0 Å². The second kappa shape index (κ2) is 12.8. The van der Waals surface area contributed by atoms with Crippen LogP contribution in [0.4, 0.5) is 23.0 Å². The fraction of sp³-hybridized carbons (Fsp3) is 0.452. The van der Waals surface area contributed by atoms with Gasteiger partial charge in [0.05, 0.1) is 38.2 Å². The second-order valence-electron chi connectivity index (χ2n) is 10.6. The Hall–Kier alpha value is -3.73. The van der Waals surface area contributed by atoms with Crippen molar-refractivity contribution in [1.29, 1.82) is 0 Å². The summed E-state index contributed by atoms with van der Waals surface area (Å²) in [6.45, 7) is 10.9. The Morgan fingerprint density at radius 2 is 1.95 bits per heavy atom. The molecule has 0 spiro atoms. The zero-order valence-corrected chi connectivity index (χ0v) is 24.6. The van der Waals surface area contributed by atoms with Crippen LogP contribution in [0.3, 0.4) is 0 Å². The summed E-state index contributed by atoms with van der Waals surface area (Å²) < 4.78 is 16.2. The Kier molecular flexibility index (Phi) is 9.02. The highest BCUT2D eigenvalue weighted by atomic mass is 16.5. The number of ether oxygens (including phenoxy) is 3. The van der Waals surface area contributed by atoms with Crippen LogP contribution in [0, 0.1) is 5.92 Å². The van der Waals surface area contributed by atoms with Crippen LogP contribution in [-0.4, -0.2) is 76.2 Å². The Balaban J connectivity index is 1.60. The number of nitrogens with zero attached hydrogens (tertiary/aromatic N) is 5. The van der Waals surface area contributed by atoms with E-state index >= 15 is 0 Å². The monoisotopic (exact) mass is 560 g/mol.